The Labute approximate surface area is 241 Å². The fraction of sp³-hybridized carbons (Fsp3) is 0.516. The van der Waals surface area contributed by atoms with Gasteiger partial charge in [0.05, 0.1) is 23.6 Å². The zero-order valence-corrected chi connectivity index (χ0v) is 24.4. The van der Waals surface area contributed by atoms with Crippen molar-refractivity contribution in [2.45, 2.75) is 68.6 Å². The highest BCUT2D eigenvalue weighted by molar-refractivity contribution is 7.90. The van der Waals surface area contributed by atoms with Gasteiger partial charge in [-0.05, 0) is 98.2 Å². The standard InChI is InChI=1S/C31H37ClN2O5S/c1-2-24-6-3-7-28(35)25-11-8-22(25)17-34-18-31(14-4-5-20-15-23(32)10-12-26(20)31)19-39-29-13-9-21(16-27(29)34)30(36)33-40(24,37)38/h3,7,9-10,12-13,15-16,22,24-25,28,35H,2,4-6,8,11,14,17-19H2,1H3,(H,33,36)/b7-3-/t22-,24+,25+,28-,31-/m0/s1. The van der Waals surface area contributed by atoms with E-state index in [1.54, 1.807) is 37.3 Å². The van der Waals surface area contributed by atoms with E-state index >= 15 is 0 Å². The van der Waals surface area contributed by atoms with Gasteiger partial charge in [-0.3, -0.25) is 4.79 Å². The van der Waals surface area contributed by atoms with Crippen molar-refractivity contribution in [2.75, 3.05) is 24.6 Å². The second kappa shape index (κ2) is 10.7. The number of nitrogens with zero attached hydrogens (tertiary/aromatic N) is 1. The number of aryl methyl sites for hydroxylation is 1. The molecular formula is C31H37ClN2O5S. The van der Waals surface area contributed by atoms with Crippen LogP contribution in [0.15, 0.2) is 48.6 Å². The number of aliphatic hydroxyl groups excluding tert-OH is 1. The molecule has 214 valence electrons. The van der Waals surface area contributed by atoms with Crippen LogP contribution in [0.3, 0.4) is 0 Å². The Morgan fingerprint density at radius 1 is 1.20 bits per heavy atom. The number of rotatable bonds is 1. The lowest BCUT2D eigenvalue weighted by molar-refractivity contribution is 0.0456. The third-order valence-corrected chi connectivity index (χ3v) is 11.6. The van der Waals surface area contributed by atoms with Gasteiger partial charge in [-0.2, -0.15) is 0 Å². The van der Waals surface area contributed by atoms with Crippen molar-refractivity contribution in [1.82, 2.24) is 4.72 Å². The Bertz CT molecular complexity index is 1440. The molecule has 40 heavy (non-hydrogen) atoms. The van der Waals surface area contributed by atoms with Crippen LogP contribution in [0.2, 0.25) is 5.02 Å². The van der Waals surface area contributed by atoms with Crippen LogP contribution >= 0.6 is 11.6 Å². The summed E-state index contributed by atoms with van der Waals surface area (Å²) in [5, 5.41) is 11.0. The summed E-state index contributed by atoms with van der Waals surface area (Å²) in [5.41, 5.74) is 3.34. The lowest BCUT2D eigenvalue weighted by Gasteiger charge is -2.45. The molecule has 6 rings (SSSR count). The van der Waals surface area contributed by atoms with Crippen LogP contribution in [0.1, 0.15) is 66.9 Å². The van der Waals surface area contributed by atoms with Crippen molar-refractivity contribution in [3.8, 4) is 5.75 Å². The first-order chi connectivity index (χ1) is 19.2. The van der Waals surface area contributed by atoms with Crippen LogP contribution in [-0.2, 0) is 21.9 Å². The van der Waals surface area contributed by atoms with E-state index in [0.717, 1.165) is 49.4 Å². The lowest BCUT2D eigenvalue weighted by atomic mass is 9.68. The second-order valence-electron chi connectivity index (χ2n) is 11.9. The maximum Gasteiger partial charge on any atom is 0.264 e. The maximum atomic E-state index is 13.3. The quantitative estimate of drug-likeness (QED) is 0.458. The molecule has 2 heterocycles. The Morgan fingerprint density at radius 3 is 2.83 bits per heavy atom. The largest absolute Gasteiger partial charge is 0.490 e. The van der Waals surface area contributed by atoms with Crippen molar-refractivity contribution in [1.29, 1.82) is 0 Å². The summed E-state index contributed by atoms with van der Waals surface area (Å²) in [6.45, 7) is 3.71. The monoisotopic (exact) mass is 584 g/mol. The van der Waals surface area contributed by atoms with Crippen molar-refractivity contribution in [2.24, 2.45) is 11.8 Å². The molecular weight excluding hydrogens is 548 g/mol. The molecule has 0 radical (unpaired) electrons. The molecule has 2 aromatic rings. The molecule has 0 aromatic heterocycles. The first kappa shape index (κ1) is 27.6. The summed E-state index contributed by atoms with van der Waals surface area (Å²) in [5.74, 6) is 0.411. The van der Waals surface area contributed by atoms with Crippen molar-refractivity contribution in [3.05, 3.63) is 70.3 Å². The first-order valence-corrected chi connectivity index (χ1v) is 16.3. The highest BCUT2D eigenvalue weighted by Crippen LogP contribution is 2.46. The molecule has 5 atom stereocenters. The van der Waals surface area contributed by atoms with Gasteiger partial charge in [0.1, 0.15) is 5.75 Å². The predicted molar refractivity (Wildman–Crippen MR) is 157 cm³/mol. The van der Waals surface area contributed by atoms with E-state index in [2.05, 4.69) is 21.8 Å². The number of fused-ring (bicyclic) bond motifs is 4. The number of ether oxygens (including phenoxy) is 1. The summed E-state index contributed by atoms with van der Waals surface area (Å²) in [6, 6.07) is 11.4. The number of carbonyl (C=O) groups is 1. The number of allylic oxidation sites excluding steroid dienone is 1. The van der Waals surface area contributed by atoms with Crippen LogP contribution in [0, 0.1) is 11.8 Å². The minimum absolute atomic E-state index is 0.0991. The number of anilines is 1. The van der Waals surface area contributed by atoms with Gasteiger partial charge in [-0.1, -0.05) is 36.7 Å². The molecule has 2 aliphatic carbocycles. The van der Waals surface area contributed by atoms with Gasteiger partial charge >= 0.3 is 0 Å². The highest BCUT2D eigenvalue weighted by Gasteiger charge is 2.44. The predicted octanol–water partition coefficient (Wildman–Crippen LogP) is 5.00. The Morgan fingerprint density at radius 2 is 2.05 bits per heavy atom. The number of halogens is 1. The summed E-state index contributed by atoms with van der Waals surface area (Å²) in [6.07, 6.45) is 8.37. The summed E-state index contributed by atoms with van der Waals surface area (Å²) >= 11 is 6.37. The lowest BCUT2D eigenvalue weighted by Crippen LogP contribution is -2.49. The molecule has 0 saturated heterocycles. The molecule has 1 saturated carbocycles. The molecule has 2 N–H and O–H groups in total. The molecule has 0 unspecified atom stereocenters. The number of nitrogens with one attached hydrogen (secondary N) is 1. The average molecular weight is 585 g/mol. The van der Waals surface area contributed by atoms with Crippen molar-refractivity contribution >= 4 is 33.2 Å². The topological polar surface area (TPSA) is 95.9 Å². The van der Waals surface area contributed by atoms with Crippen LogP contribution in [0.5, 0.6) is 5.75 Å². The van der Waals surface area contributed by atoms with Gasteiger partial charge < -0.3 is 14.7 Å². The van der Waals surface area contributed by atoms with Gasteiger partial charge in [-0.15, -0.1) is 0 Å². The molecule has 4 aliphatic rings. The van der Waals surface area contributed by atoms with E-state index in [0.29, 0.717) is 25.3 Å². The fourth-order valence-electron chi connectivity index (χ4n) is 7.11. The highest BCUT2D eigenvalue weighted by atomic mass is 35.5. The molecule has 1 spiro atoms. The molecule has 2 aliphatic heterocycles. The van der Waals surface area contributed by atoms with Gasteiger partial charge in [0.15, 0.2) is 0 Å². The number of amides is 1. The summed E-state index contributed by atoms with van der Waals surface area (Å²) < 4.78 is 35.0. The first-order valence-electron chi connectivity index (χ1n) is 14.4. The summed E-state index contributed by atoms with van der Waals surface area (Å²) in [7, 11) is -3.91. The number of carbonyl (C=O) groups excluding carboxylic acids is 1. The second-order valence-corrected chi connectivity index (χ2v) is 14.3. The van der Waals surface area contributed by atoms with E-state index in [-0.39, 0.29) is 29.2 Å². The number of benzene rings is 2. The van der Waals surface area contributed by atoms with E-state index in [1.807, 2.05) is 6.07 Å². The van der Waals surface area contributed by atoms with Gasteiger partial charge in [0.25, 0.3) is 5.91 Å². The third kappa shape index (κ3) is 5.03. The zero-order chi connectivity index (χ0) is 28.1. The number of hydrogen-bond acceptors (Lipinski definition) is 6. The SMILES string of the molecule is CC[C@@H]1C/C=C\[C@H](O)[C@@H]2CC[C@H]2CN2C[C@@]3(CCCc4cc(Cl)ccc43)COc3ccc(cc32)C(=O)NS1(=O)=O. The van der Waals surface area contributed by atoms with E-state index in [1.165, 1.54) is 11.1 Å². The molecule has 2 aromatic carbocycles. The van der Waals surface area contributed by atoms with Crippen LogP contribution in [0.4, 0.5) is 5.69 Å². The molecule has 1 fully saturated rings. The number of hydrogen-bond donors (Lipinski definition) is 2. The van der Waals surface area contributed by atoms with E-state index < -0.39 is 27.3 Å². The smallest absolute Gasteiger partial charge is 0.264 e. The fourth-order valence-corrected chi connectivity index (χ4v) is 8.65. The van der Waals surface area contributed by atoms with Crippen LogP contribution < -0.4 is 14.4 Å². The minimum Gasteiger partial charge on any atom is -0.490 e. The van der Waals surface area contributed by atoms with Crippen LogP contribution in [0.25, 0.3) is 0 Å². The Balaban J connectivity index is 1.43. The zero-order valence-electron chi connectivity index (χ0n) is 22.8. The Kier molecular flexibility index (Phi) is 7.38. The molecule has 9 heteroatoms. The molecule has 2 bridgehead atoms. The van der Waals surface area contributed by atoms with Gasteiger partial charge in [0.2, 0.25) is 10.0 Å². The van der Waals surface area contributed by atoms with Crippen molar-refractivity contribution < 1.29 is 23.1 Å². The number of aliphatic hydroxyl groups is 1. The minimum atomic E-state index is -3.91. The average Bonchev–Trinajstić information content (AvgIpc) is 3.05. The third-order valence-electron chi connectivity index (χ3n) is 9.53. The van der Waals surface area contributed by atoms with Gasteiger partial charge in [0, 0.05) is 29.1 Å². The maximum absolute atomic E-state index is 13.3. The normalized spacial score (nSPS) is 32.2. The molecule has 1 amide bonds. The van der Waals surface area contributed by atoms with Gasteiger partial charge in [-0.25, -0.2) is 13.1 Å². The van der Waals surface area contributed by atoms with E-state index in [9.17, 15) is 18.3 Å². The van der Waals surface area contributed by atoms with E-state index in [4.69, 9.17) is 16.3 Å². The van der Waals surface area contributed by atoms with Crippen molar-refractivity contribution in [3.63, 3.8) is 0 Å². The van der Waals surface area contributed by atoms with Crippen LogP contribution in [-0.4, -0.2) is 50.5 Å². The molecule has 7 nitrogen and oxygen atoms in total. The number of sulfonamides is 1. The Hall–Kier alpha value is -2.55. The summed E-state index contributed by atoms with van der Waals surface area (Å²) in [4.78, 5) is 15.6.